The van der Waals surface area contributed by atoms with Gasteiger partial charge in [-0.3, -0.25) is 0 Å². The molecule has 0 heterocycles. The van der Waals surface area contributed by atoms with Crippen molar-refractivity contribution >= 4 is 68.1 Å². The van der Waals surface area contributed by atoms with Gasteiger partial charge >= 0.3 is 399 Å². The van der Waals surface area contributed by atoms with Gasteiger partial charge in [-0.15, -0.1) is 0 Å². The number of nitrogens with one attached hydrogen (secondary N) is 2. The van der Waals surface area contributed by atoms with E-state index in [4.69, 9.17) is 17.0 Å². The first-order valence-electron chi connectivity index (χ1n) is 23.1. The number of amides is 2. The molecule has 2 aliphatic carbocycles. The SMILES string of the molecule is CCCC1=Cc2c(-c3ccccc3-c3cccc4ccccc34)cccc2[CH]1[Zr]([Cl])([Cl])([B](NC=O)NC=O)[CH]1C(CCC)=Cc2c(-c3ccccc3-c3cccc4ccccc34)cccc21. The Labute approximate surface area is 395 Å². The molecular weight excluding hydrogens is 930 g/mol. The molecular formula is C58H50BCl2N2O2Zr. The molecule has 0 saturated heterocycles. The van der Waals surface area contributed by atoms with Crippen LogP contribution < -0.4 is 10.5 Å². The number of fused-ring (bicyclic) bond motifs is 4. The minimum atomic E-state index is -6.05. The fourth-order valence-corrected chi connectivity index (χ4v) is 32.2. The topological polar surface area (TPSA) is 58.2 Å². The summed E-state index contributed by atoms with van der Waals surface area (Å²) >= 11 is -6.05. The van der Waals surface area contributed by atoms with E-state index in [0.29, 0.717) is 12.8 Å². The summed E-state index contributed by atoms with van der Waals surface area (Å²) in [6.07, 6.45) is 9.14. The molecule has 2 unspecified atom stereocenters. The van der Waals surface area contributed by atoms with E-state index < -0.39 is 27.9 Å². The molecule has 0 fully saturated rings. The van der Waals surface area contributed by atoms with E-state index in [2.05, 4.69) is 206 Å². The van der Waals surface area contributed by atoms with Crippen LogP contribution in [0, 0.1) is 0 Å². The molecule has 2 atom stereocenters. The average Bonchev–Trinajstić information content (AvgIpc) is 3.93. The van der Waals surface area contributed by atoms with Crippen LogP contribution in [0.5, 0.6) is 0 Å². The Bertz CT molecular complexity index is 3050. The Kier molecular flexibility index (Phi) is 12.1. The van der Waals surface area contributed by atoms with Crippen molar-refractivity contribution in [1.29, 1.82) is 0 Å². The summed E-state index contributed by atoms with van der Waals surface area (Å²) in [4.78, 5) is 25.7. The summed E-state index contributed by atoms with van der Waals surface area (Å²) in [6, 6.07) is 60.3. The van der Waals surface area contributed by atoms with Gasteiger partial charge in [-0.1, -0.05) is 0 Å². The molecule has 0 bridgehead atoms. The zero-order valence-electron chi connectivity index (χ0n) is 37.1. The Balaban J connectivity index is 1.20. The fraction of sp³-hybridized carbons (Fsp3) is 0.138. The molecule has 2 aliphatic rings. The average molecular weight is 980 g/mol. The Morgan fingerprint density at radius 1 is 0.455 bits per heavy atom. The van der Waals surface area contributed by atoms with Gasteiger partial charge in [-0.05, 0) is 0 Å². The molecule has 0 saturated carbocycles. The minimum absolute atomic E-state index is 0.456. The van der Waals surface area contributed by atoms with Crippen LogP contribution in [0.25, 0.3) is 78.2 Å². The van der Waals surface area contributed by atoms with Crippen molar-refractivity contribution in [3.63, 3.8) is 0 Å². The van der Waals surface area contributed by atoms with Gasteiger partial charge in [0.15, 0.2) is 0 Å². The van der Waals surface area contributed by atoms with Gasteiger partial charge in [-0.2, -0.15) is 0 Å². The molecule has 10 rings (SSSR count). The zero-order chi connectivity index (χ0) is 45.4. The predicted octanol–water partition coefficient (Wildman–Crippen LogP) is 15.3. The number of carbonyl (C=O) groups excluding carboxylic acids is 2. The van der Waals surface area contributed by atoms with Crippen molar-refractivity contribution in [3.05, 3.63) is 203 Å². The van der Waals surface area contributed by atoms with Crippen LogP contribution in [0.2, 0.25) is 0 Å². The summed E-state index contributed by atoms with van der Waals surface area (Å²) < 4.78 is -1.92. The molecule has 8 heteroatoms. The second-order valence-corrected chi connectivity index (χ2v) is 39.2. The van der Waals surface area contributed by atoms with Gasteiger partial charge in [0.1, 0.15) is 0 Å². The predicted molar refractivity (Wildman–Crippen MR) is 277 cm³/mol. The van der Waals surface area contributed by atoms with E-state index in [-0.39, 0.29) is 0 Å². The van der Waals surface area contributed by atoms with E-state index in [0.717, 1.165) is 104 Å². The van der Waals surface area contributed by atoms with Gasteiger partial charge in [-0.25, -0.2) is 0 Å². The van der Waals surface area contributed by atoms with Gasteiger partial charge < -0.3 is 0 Å². The Morgan fingerprint density at radius 3 is 1.20 bits per heavy atom. The summed E-state index contributed by atoms with van der Waals surface area (Å²) in [5.41, 5.74) is 15.5. The molecule has 0 aliphatic heterocycles. The van der Waals surface area contributed by atoms with E-state index in [9.17, 15) is 9.59 Å². The maximum atomic E-state index is 12.8. The van der Waals surface area contributed by atoms with Crippen molar-refractivity contribution in [2.45, 2.75) is 46.8 Å². The fourth-order valence-electron chi connectivity index (χ4n) is 11.5. The Morgan fingerprint density at radius 2 is 0.788 bits per heavy atom. The molecule has 2 amide bonds. The van der Waals surface area contributed by atoms with Gasteiger partial charge in [0.2, 0.25) is 0 Å². The van der Waals surface area contributed by atoms with Crippen molar-refractivity contribution in [1.82, 2.24) is 10.5 Å². The third kappa shape index (κ3) is 7.25. The number of hydrogen-bond donors (Lipinski definition) is 2. The number of carbonyl (C=O) groups is 2. The third-order valence-corrected chi connectivity index (χ3v) is 34.1. The van der Waals surface area contributed by atoms with Crippen molar-refractivity contribution in [2.24, 2.45) is 0 Å². The molecule has 0 radical (unpaired) electrons. The molecule has 8 aromatic rings. The van der Waals surface area contributed by atoms with Crippen LogP contribution in [0.4, 0.5) is 0 Å². The molecule has 4 nitrogen and oxygen atoms in total. The monoisotopic (exact) mass is 977 g/mol. The van der Waals surface area contributed by atoms with Crippen molar-refractivity contribution < 1.29 is 25.8 Å². The number of benzene rings is 8. The molecule has 66 heavy (non-hydrogen) atoms. The van der Waals surface area contributed by atoms with E-state index in [1.807, 2.05) is 0 Å². The summed E-state index contributed by atoms with van der Waals surface area (Å²) in [7, 11) is 17.8. The van der Waals surface area contributed by atoms with Crippen LogP contribution in [0.1, 0.15) is 69.0 Å². The normalized spacial score (nSPS) is 15.8. The molecule has 0 spiro atoms. The van der Waals surface area contributed by atoms with Crippen molar-refractivity contribution in [3.8, 4) is 44.5 Å². The van der Waals surface area contributed by atoms with E-state index >= 15 is 0 Å². The quantitative estimate of drug-likeness (QED) is 0.0794. The van der Waals surface area contributed by atoms with Gasteiger partial charge in [0.05, 0.1) is 0 Å². The van der Waals surface area contributed by atoms with Crippen LogP contribution in [-0.2, 0) is 25.8 Å². The van der Waals surface area contributed by atoms with Gasteiger partial charge in [0.25, 0.3) is 0 Å². The second kappa shape index (κ2) is 18.1. The number of allylic oxidation sites excluding steroid dienone is 2. The van der Waals surface area contributed by atoms with Crippen LogP contribution >= 0.6 is 17.0 Å². The molecule has 0 aromatic heterocycles. The zero-order valence-corrected chi connectivity index (χ0v) is 41.1. The molecule has 8 aromatic carbocycles. The van der Waals surface area contributed by atoms with Crippen molar-refractivity contribution in [2.75, 3.05) is 0 Å². The first-order valence-corrected chi connectivity index (χ1v) is 33.7. The molecule has 2 N–H and O–H groups in total. The van der Waals surface area contributed by atoms with Crippen LogP contribution in [0.3, 0.4) is 0 Å². The first kappa shape index (κ1) is 44.1. The summed E-state index contributed by atoms with van der Waals surface area (Å²) in [5, 5.41) is 10.8. The van der Waals surface area contributed by atoms with Gasteiger partial charge in [0, 0.05) is 0 Å². The second-order valence-electron chi connectivity index (χ2n) is 17.8. The maximum absolute atomic E-state index is 12.8. The number of rotatable bonds is 15. The summed E-state index contributed by atoms with van der Waals surface area (Å²) in [5.74, 6) is 0. The van der Waals surface area contributed by atoms with E-state index in [1.165, 1.54) is 21.5 Å². The number of hydrogen-bond acceptors (Lipinski definition) is 2. The summed E-state index contributed by atoms with van der Waals surface area (Å²) in [6.45, 7) is 4.36. The Hall–Kier alpha value is -5.77. The van der Waals surface area contributed by atoms with Crippen LogP contribution in [-0.4, -0.2) is 17.3 Å². The third-order valence-electron chi connectivity index (χ3n) is 14.1. The first-order chi connectivity index (χ1) is 32.3. The van der Waals surface area contributed by atoms with E-state index in [1.54, 1.807) is 0 Å². The van der Waals surface area contributed by atoms with Crippen LogP contribution in [0.15, 0.2) is 181 Å². The number of halogens is 2. The molecule has 325 valence electrons. The standard InChI is InChI=1S/2C28H23.C2H3BN2O2.2ClH.Zr/c2*1-2-9-20-18-22-12-8-17-27(28(22)19-20)26-15-6-5-14-25(26)24-16-7-11-21-10-3-4-13-23(21)24;6-1-4-3-5-2-7;;;/h2*3-8,10-19H,2,9H2,1H3;1-2H,(H-,4,5,6,7);2*1H;/q;;;;;+1/p-1.